The zero-order valence-corrected chi connectivity index (χ0v) is 28.5. The fourth-order valence-electron chi connectivity index (χ4n) is 6.66. The number of allylic oxidation sites excluding steroid dienone is 1. The van der Waals surface area contributed by atoms with Crippen LogP contribution in [0.2, 0.25) is 0 Å². The van der Waals surface area contributed by atoms with E-state index in [2.05, 4.69) is 15.3 Å². The van der Waals surface area contributed by atoms with Crippen LogP contribution in [0, 0.1) is 41.4 Å². The Hall–Kier alpha value is -3.56. The van der Waals surface area contributed by atoms with Gasteiger partial charge >= 0.3 is 0 Å². The van der Waals surface area contributed by atoms with Gasteiger partial charge in [0.25, 0.3) is 0 Å². The van der Waals surface area contributed by atoms with Crippen molar-refractivity contribution in [3.63, 3.8) is 0 Å². The van der Waals surface area contributed by atoms with E-state index in [0.29, 0.717) is 25.8 Å². The van der Waals surface area contributed by atoms with E-state index in [1.165, 1.54) is 18.6 Å². The predicted octanol–water partition coefficient (Wildman–Crippen LogP) is 4.82. The van der Waals surface area contributed by atoms with E-state index in [0.717, 1.165) is 6.42 Å². The van der Waals surface area contributed by atoms with E-state index in [-0.39, 0.29) is 72.0 Å². The number of carbonyl (C=O) groups excluding carboxylic acids is 6. The molecule has 46 heavy (non-hydrogen) atoms. The first-order chi connectivity index (χ1) is 21.8. The number of Topliss-reactive ketones (excluding diaryl/α,β-unsaturated/α-hetero) is 4. The first-order valence-corrected chi connectivity index (χ1v) is 17.0. The number of rotatable bonds is 18. The van der Waals surface area contributed by atoms with E-state index < -0.39 is 41.4 Å². The van der Waals surface area contributed by atoms with Gasteiger partial charge in [0, 0.05) is 50.0 Å². The summed E-state index contributed by atoms with van der Waals surface area (Å²) in [5.41, 5.74) is 0.178. The van der Waals surface area contributed by atoms with Crippen LogP contribution in [0.5, 0.6) is 0 Å². The molecule has 10 heteroatoms. The molecule has 0 saturated carbocycles. The Kier molecular flexibility index (Phi) is 13.5. The first kappa shape index (κ1) is 36.9. The fraction of sp³-hybridized carbons (Fsp3) is 0.667. The highest BCUT2D eigenvalue weighted by Gasteiger charge is 2.50. The van der Waals surface area contributed by atoms with E-state index in [1.54, 1.807) is 4.90 Å². The monoisotopic (exact) mass is 636 g/mol. The molecule has 1 aliphatic carbocycles. The summed E-state index contributed by atoms with van der Waals surface area (Å²) in [5, 5.41) is 2.93. The second-order valence-corrected chi connectivity index (χ2v) is 13.9. The molecule has 1 aliphatic heterocycles. The maximum Gasteiger partial charge on any atom is 0.246 e. The topological polar surface area (TPSA) is 143 Å². The Labute approximate surface area is 273 Å². The number of amides is 2. The van der Waals surface area contributed by atoms with Gasteiger partial charge in [0.2, 0.25) is 17.6 Å². The highest BCUT2D eigenvalue weighted by molar-refractivity contribution is 6.38. The summed E-state index contributed by atoms with van der Waals surface area (Å²) in [6.07, 6.45) is 10.8. The van der Waals surface area contributed by atoms with Gasteiger partial charge in [-0.05, 0) is 42.4 Å². The molecular formula is C36H52N4O6. The summed E-state index contributed by atoms with van der Waals surface area (Å²) in [7, 11) is 0. The molecule has 7 atom stereocenters. The van der Waals surface area contributed by atoms with Crippen molar-refractivity contribution in [1.82, 2.24) is 20.2 Å². The van der Waals surface area contributed by atoms with Crippen molar-refractivity contribution in [2.75, 3.05) is 6.54 Å². The van der Waals surface area contributed by atoms with Crippen LogP contribution in [0.1, 0.15) is 104 Å². The Bertz CT molecular complexity index is 1290. The molecule has 0 bridgehead atoms. The molecule has 0 radical (unpaired) electrons. The van der Waals surface area contributed by atoms with Crippen molar-refractivity contribution in [3.8, 4) is 0 Å². The van der Waals surface area contributed by atoms with Crippen molar-refractivity contribution in [2.45, 2.75) is 105 Å². The summed E-state index contributed by atoms with van der Waals surface area (Å²) >= 11 is 0. The Morgan fingerprint density at radius 2 is 1.67 bits per heavy atom. The second kappa shape index (κ2) is 16.8. The first-order valence-electron chi connectivity index (χ1n) is 17.0. The largest absolute Gasteiger partial charge is 0.344 e. The summed E-state index contributed by atoms with van der Waals surface area (Å²) in [6.45, 7) is 13.6. The van der Waals surface area contributed by atoms with Gasteiger partial charge in [0.1, 0.15) is 11.7 Å². The molecule has 2 heterocycles. The summed E-state index contributed by atoms with van der Waals surface area (Å²) in [4.78, 5) is 90.4. The molecule has 2 aliphatic rings. The number of nitrogens with zero attached hydrogens (tertiary/aromatic N) is 3. The van der Waals surface area contributed by atoms with Gasteiger partial charge in [-0.1, -0.05) is 73.5 Å². The average molecular weight is 637 g/mol. The molecule has 1 aromatic rings. The molecule has 2 unspecified atom stereocenters. The standard InChI is InChI=1S/C36H52N4O6/c1-8-11-24(34(44)31(43)16-23(7)9-2)17-30(42)33-26-13-10-12-25(26)20-40(33)36(46)32(22(5)6)39-35(45)27(21(3)4)18-29(41)28-19-37-14-15-38-28/h10,12,14-15,19,21-27,32-33H,8-9,11,13,16-18,20H2,1-7H3,(H,39,45)/t23-,24?,25-,26-,27?,32-,33-/m0/s1. The molecule has 2 amide bonds. The van der Waals surface area contributed by atoms with Crippen molar-refractivity contribution < 1.29 is 28.8 Å². The van der Waals surface area contributed by atoms with Crippen LogP contribution in [-0.2, 0) is 24.0 Å². The third-order valence-electron chi connectivity index (χ3n) is 9.69. The summed E-state index contributed by atoms with van der Waals surface area (Å²) in [5.74, 6) is -4.11. The summed E-state index contributed by atoms with van der Waals surface area (Å²) < 4.78 is 0. The van der Waals surface area contributed by atoms with Gasteiger partial charge in [-0.3, -0.25) is 33.8 Å². The molecule has 1 aromatic heterocycles. The summed E-state index contributed by atoms with van der Waals surface area (Å²) in [6, 6.07) is -1.66. The predicted molar refractivity (Wildman–Crippen MR) is 174 cm³/mol. The van der Waals surface area contributed by atoms with Crippen LogP contribution >= 0.6 is 0 Å². The van der Waals surface area contributed by atoms with Crippen LogP contribution in [0.15, 0.2) is 30.7 Å². The highest BCUT2D eigenvalue weighted by Crippen LogP contribution is 2.40. The minimum Gasteiger partial charge on any atom is -0.344 e. The molecule has 3 rings (SSSR count). The van der Waals surface area contributed by atoms with E-state index in [1.807, 2.05) is 60.6 Å². The van der Waals surface area contributed by atoms with Crippen molar-refractivity contribution >= 4 is 34.9 Å². The third-order valence-corrected chi connectivity index (χ3v) is 9.69. The molecule has 0 spiro atoms. The molecule has 1 saturated heterocycles. The lowest BCUT2D eigenvalue weighted by Gasteiger charge is -2.33. The number of fused-ring (bicyclic) bond motifs is 1. The lowest BCUT2D eigenvalue weighted by molar-refractivity contribution is -0.144. The van der Waals surface area contributed by atoms with Gasteiger partial charge in [0.05, 0.1) is 12.2 Å². The number of hydrogen-bond acceptors (Lipinski definition) is 8. The maximum absolute atomic E-state index is 14.2. The second-order valence-electron chi connectivity index (χ2n) is 13.9. The zero-order valence-electron chi connectivity index (χ0n) is 28.5. The normalized spacial score (nSPS) is 21.5. The van der Waals surface area contributed by atoms with Crippen LogP contribution in [0.4, 0.5) is 0 Å². The quantitative estimate of drug-likeness (QED) is 0.137. The number of ketones is 4. The van der Waals surface area contributed by atoms with Gasteiger partial charge < -0.3 is 10.2 Å². The number of likely N-dealkylation sites (tertiary alicyclic amines) is 1. The highest BCUT2D eigenvalue weighted by atomic mass is 16.2. The number of nitrogens with one attached hydrogen (secondary N) is 1. The van der Waals surface area contributed by atoms with Crippen LogP contribution in [0.3, 0.4) is 0 Å². The maximum atomic E-state index is 14.2. The Morgan fingerprint density at radius 1 is 0.957 bits per heavy atom. The fourth-order valence-corrected chi connectivity index (χ4v) is 6.66. The lowest BCUT2D eigenvalue weighted by atomic mass is 9.83. The van der Waals surface area contributed by atoms with Crippen molar-refractivity contribution in [3.05, 3.63) is 36.4 Å². The van der Waals surface area contributed by atoms with Crippen LogP contribution in [-0.4, -0.2) is 68.4 Å². The van der Waals surface area contributed by atoms with Crippen molar-refractivity contribution in [2.24, 2.45) is 41.4 Å². The molecular weight excluding hydrogens is 584 g/mol. The lowest BCUT2D eigenvalue weighted by Crippen LogP contribution is -2.56. The van der Waals surface area contributed by atoms with E-state index in [9.17, 15) is 28.8 Å². The molecule has 10 nitrogen and oxygen atoms in total. The van der Waals surface area contributed by atoms with Gasteiger partial charge in [0.15, 0.2) is 17.3 Å². The Balaban J connectivity index is 1.81. The molecule has 1 N–H and O–H groups in total. The minimum absolute atomic E-state index is 0.00166. The van der Waals surface area contributed by atoms with Crippen LogP contribution in [0.25, 0.3) is 0 Å². The number of aromatic nitrogens is 2. The van der Waals surface area contributed by atoms with Gasteiger partial charge in [-0.25, -0.2) is 4.98 Å². The van der Waals surface area contributed by atoms with E-state index >= 15 is 0 Å². The van der Waals surface area contributed by atoms with Gasteiger partial charge in [-0.15, -0.1) is 0 Å². The SMILES string of the molecule is CCCC(CC(=O)[C@@H]1[C@H]2CC=C[C@H]2CN1C(=O)[C@@H](NC(=O)C(CC(=O)c1cnccn1)C(C)C)C(C)C)C(=O)C(=O)C[C@@H](C)CC. The smallest absolute Gasteiger partial charge is 0.246 e. The molecule has 0 aromatic carbocycles. The number of carbonyl (C=O) groups is 6. The number of hydrogen-bond donors (Lipinski definition) is 1. The minimum atomic E-state index is -0.913. The van der Waals surface area contributed by atoms with Crippen LogP contribution < -0.4 is 5.32 Å². The molecule has 252 valence electrons. The zero-order chi connectivity index (χ0) is 34.1. The van der Waals surface area contributed by atoms with Gasteiger partial charge in [-0.2, -0.15) is 0 Å². The molecule has 1 fully saturated rings. The average Bonchev–Trinajstić information content (AvgIpc) is 3.63. The Morgan fingerprint density at radius 3 is 2.26 bits per heavy atom. The third kappa shape index (κ3) is 9.04. The van der Waals surface area contributed by atoms with E-state index in [4.69, 9.17) is 0 Å². The van der Waals surface area contributed by atoms with Crippen molar-refractivity contribution in [1.29, 1.82) is 0 Å².